The third-order valence-electron chi connectivity index (χ3n) is 2.22. The summed E-state index contributed by atoms with van der Waals surface area (Å²) < 4.78 is 18.4. The molecule has 2 rings (SSSR count). The first-order valence-electron chi connectivity index (χ1n) is 5.03. The quantitative estimate of drug-likeness (QED) is 0.856. The van der Waals surface area contributed by atoms with E-state index in [0.717, 1.165) is 0 Å². The van der Waals surface area contributed by atoms with Gasteiger partial charge in [0, 0.05) is 5.56 Å². The average Bonchev–Trinajstić information content (AvgIpc) is 2.37. The lowest BCUT2D eigenvalue weighted by Crippen LogP contribution is -2.01. The molecule has 0 aliphatic rings. The Morgan fingerprint density at radius 2 is 2.06 bits per heavy atom. The van der Waals surface area contributed by atoms with Crippen LogP contribution >= 0.6 is 11.8 Å². The van der Waals surface area contributed by atoms with Gasteiger partial charge in [-0.1, -0.05) is 11.8 Å². The van der Waals surface area contributed by atoms with E-state index in [9.17, 15) is 4.39 Å². The van der Waals surface area contributed by atoms with Gasteiger partial charge in [0.1, 0.15) is 0 Å². The highest BCUT2D eigenvalue weighted by Crippen LogP contribution is 2.24. The number of nitrogens with zero attached hydrogens (tertiary/aromatic N) is 3. The molecule has 0 radical (unpaired) electrons. The van der Waals surface area contributed by atoms with Gasteiger partial charge in [-0.15, -0.1) is 0 Å². The molecule has 0 aliphatic carbocycles. The highest BCUT2D eigenvalue weighted by atomic mass is 32.2. The first-order chi connectivity index (χ1) is 8.63. The van der Waals surface area contributed by atoms with Crippen molar-refractivity contribution in [3.63, 3.8) is 0 Å². The van der Waals surface area contributed by atoms with E-state index >= 15 is 0 Å². The largest absolute Gasteiger partial charge is 0.494 e. The van der Waals surface area contributed by atoms with Gasteiger partial charge in [-0.3, -0.25) is 0 Å². The lowest BCUT2D eigenvalue weighted by atomic mass is 10.2. The first-order valence-corrected chi connectivity index (χ1v) is 6.26. The Labute approximate surface area is 108 Å². The second kappa shape index (κ2) is 5.18. The first kappa shape index (κ1) is 12.6. The van der Waals surface area contributed by atoms with E-state index in [1.807, 2.05) is 6.26 Å². The smallest absolute Gasteiger partial charge is 0.224 e. The molecule has 0 atom stereocenters. The Morgan fingerprint density at radius 1 is 1.28 bits per heavy atom. The van der Waals surface area contributed by atoms with Crippen molar-refractivity contribution in [1.82, 2.24) is 15.0 Å². The minimum Gasteiger partial charge on any atom is -0.494 e. The lowest BCUT2D eigenvalue weighted by Gasteiger charge is -2.05. The van der Waals surface area contributed by atoms with Crippen LogP contribution in [0.3, 0.4) is 0 Å². The summed E-state index contributed by atoms with van der Waals surface area (Å²) >= 11 is 1.34. The Hall–Kier alpha value is -1.89. The van der Waals surface area contributed by atoms with Crippen molar-refractivity contribution in [1.29, 1.82) is 0 Å². The number of nitrogen functional groups attached to an aromatic ring is 1. The van der Waals surface area contributed by atoms with Crippen LogP contribution in [0, 0.1) is 5.82 Å². The SMILES string of the molecule is COc1ccc(-c2nc(N)nc(SC)n2)cc1F. The molecule has 94 valence electrons. The summed E-state index contributed by atoms with van der Waals surface area (Å²) in [6.07, 6.45) is 1.83. The number of ether oxygens (including phenoxy) is 1. The Morgan fingerprint density at radius 3 is 2.67 bits per heavy atom. The highest BCUT2D eigenvalue weighted by molar-refractivity contribution is 7.98. The standard InChI is InChI=1S/C11H11FN4OS/c1-17-8-4-3-6(5-7(8)12)9-14-10(13)16-11(15-9)18-2/h3-5H,1-2H3,(H2,13,14,15,16). The number of halogens is 1. The third kappa shape index (κ3) is 2.51. The molecule has 0 saturated heterocycles. The van der Waals surface area contributed by atoms with Crippen molar-refractivity contribution in [2.75, 3.05) is 19.1 Å². The summed E-state index contributed by atoms with van der Waals surface area (Å²) in [5, 5.41) is 0.494. The number of anilines is 1. The number of aromatic nitrogens is 3. The van der Waals surface area contributed by atoms with Crippen LogP contribution in [-0.4, -0.2) is 28.3 Å². The van der Waals surface area contributed by atoms with Crippen molar-refractivity contribution in [2.45, 2.75) is 5.16 Å². The highest BCUT2D eigenvalue weighted by Gasteiger charge is 2.09. The summed E-state index contributed by atoms with van der Waals surface area (Å²) in [6, 6.07) is 4.49. The fourth-order valence-corrected chi connectivity index (χ4v) is 1.76. The number of thioether (sulfide) groups is 1. The van der Waals surface area contributed by atoms with Gasteiger partial charge < -0.3 is 10.5 Å². The van der Waals surface area contributed by atoms with Crippen LogP contribution in [-0.2, 0) is 0 Å². The van der Waals surface area contributed by atoms with Gasteiger partial charge in [0.05, 0.1) is 7.11 Å². The molecule has 0 aliphatic heterocycles. The summed E-state index contributed by atoms with van der Waals surface area (Å²) in [5.74, 6) is 0.152. The van der Waals surface area contributed by atoms with Crippen molar-refractivity contribution < 1.29 is 9.13 Å². The number of benzene rings is 1. The average molecular weight is 266 g/mol. The molecule has 0 amide bonds. The topological polar surface area (TPSA) is 73.9 Å². The molecule has 0 bridgehead atoms. The molecule has 1 aromatic heterocycles. The normalized spacial score (nSPS) is 10.4. The number of nitrogens with two attached hydrogens (primary N) is 1. The predicted octanol–water partition coefficient (Wildman–Crippen LogP) is 1.99. The van der Waals surface area contributed by atoms with E-state index < -0.39 is 5.82 Å². The van der Waals surface area contributed by atoms with Crippen molar-refractivity contribution in [3.8, 4) is 17.1 Å². The molecule has 1 aromatic carbocycles. The van der Waals surface area contributed by atoms with Crippen LogP contribution in [0.1, 0.15) is 0 Å². The molecule has 7 heteroatoms. The van der Waals surface area contributed by atoms with Crippen molar-refractivity contribution >= 4 is 17.7 Å². The van der Waals surface area contributed by atoms with Crippen molar-refractivity contribution in [3.05, 3.63) is 24.0 Å². The van der Waals surface area contributed by atoms with Crippen molar-refractivity contribution in [2.24, 2.45) is 0 Å². The van der Waals surface area contributed by atoms with Crippen LogP contribution in [0.2, 0.25) is 0 Å². The molecule has 0 saturated carbocycles. The van der Waals surface area contributed by atoms with Gasteiger partial charge in [-0.2, -0.15) is 9.97 Å². The maximum absolute atomic E-state index is 13.6. The van der Waals surface area contributed by atoms with E-state index in [1.165, 1.54) is 31.0 Å². The summed E-state index contributed by atoms with van der Waals surface area (Å²) in [6.45, 7) is 0. The second-order valence-electron chi connectivity index (χ2n) is 3.35. The fourth-order valence-electron chi connectivity index (χ4n) is 1.40. The van der Waals surface area contributed by atoms with Gasteiger partial charge in [-0.25, -0.2) is 9.37 Å². The minimum atomic E-state index is -0.473. The molecular formula is C11H11FN4OS. The number of hydrogen-bond acceptors (Lipinski definition) is 6. The molecule has 2 aromatic rings. The Bertz CT molecular complexity index is 579. The number of methoxy groups -OCH3 is 1. The minimum absolute atomic E-state index is 0.112. The summed E-state index contributed by atoms with van der Waals surface area (Å²) in [5.41, 5.74) is 6.10. The second-order valence-corrected chi connectivity index (χ2v) is 4.13. The van der Waals surface area contributed by atoms with Crippen LogP contribution in [0.4, 0.5) is 10.3 Å². The molecule has 1 heterocycles. The fraction of sp³-hybridized carbons (Fsp3) is 0.182. The molecule has 2 N–H and O–H groups in total. The molecule has 5 nitrogen and oxygen atoms in total. The van der Waals surface area contributed by atoms with E-state index in [1.54, 1.807) is 6.07 Å². The molecule has 18 heavy (non-hydrogen) atoms. The zero-order valence-electron chi connectivity index (χ0n) is 9.85. The third-order valence-corrected chi connectivity index (χ3v) is 2.77. The molecule has 0 unspecified atom stereocenters. The molecule has 0 spiro atoms. The van der Waals surface area contributed by atoms with Gasteiger partial charge >= 0.3 is 0 Å². The zero-order chi connectivity index (χ0) is 13.1. The van der Waals surface area contributed by atoms with Gasteiger partial charge in [0.15, 0.2) is 22.5 Å². The van der Waals surface area contributed by atoms with Crippen LogP contribution < -0.4 is 10.5 Å². The van der Waals surface area contributed by atoms with Gasteiger partial charge in [0.25, 0.3) is 0 Å². The van der Waals surface area contributed by atoms with E-state index in [4.69, 9.17) is 10.5 Å². The van der Waals surface area contributed by atoms with Gasteiger partial charge in [-0.05, 0) is 24.5 Å². The Balaban J connectivity index is 2.48. The molecular weight excluding hydrogens is 255 g/mol. The number of rotatable bonds is 3. The Kier molecular flexibility index (Phi) is 3.61. The maximum Gasteiger partial charge on any atom is 0.224 e. The monoisotopic (exact) mass is 266 g/mol. The lowest BCUT2D eigenvalue weighted by molar-refractivity contribution is 0.386. The summed E-state index contributed by atoms with van der Waals surface area (Å²) in [4.78, 5) is 12.1. The predicted molar refractivity (Wildman–Crippen MR) is 68.0 cm³/mol. The number of hydrogen-bond donors (Lipinski definition) is 1. The van der Waals surface area contributed by atoms with E-state index in [2.05, 4.69) is 15.0 Å². The van der Waals surface area contributed by atoms with E-state index in [0.29, 0.717) is 16.5 Å². The van der Waals surface area contributed by atoms with E-state index in [-0.39, 0.29) is 11.7 Å². The maximum atomic E-state index is 13.6. The van der Waals surface area contributed by atoms with Crippen LogP contribution in [0.5, 0.6) is 5.75 Å². The van der Waals surface area contributed by atoms with Crippen LogP contribution in [0.15, 0.2) is 23.4 Å². The zero-order valence-corrected chi connectivity index (χ0v) is 10.7. The van der Waals surface area contributed by atoms with Crippen LogP contribution in [0.25, 0.3) is 11.4 Å². The van der Waals surface area contributed by atoms with Gasteiger partial charge in [0.2, 0.25) is 5.95 Å². The molecule has 0 fully saturated rings. The summed E-state index contributed by atoms with van der Waals surface area (Å²) in [7, 11) is 1.41.